The van der Waals surface area contributed by atoms with E-state index in [0.29, 0.717) is 17.3 Å². The fourth-order valence-corrected chi connectivity index (χ4v) is 4.04. The third-order valence-electron chi connectivity index (χ3n) is 4.96. The van der Waals surface area contributed by atoms with Crippen molar-refractivity contribution in [3.05, 3.63) is 98.6 Å². The number of aromatic nitrogens is 2. The molecule has 0 aliphatic rings. The summed E-state index contributed by atoms with van der Waals surface area (Å²) in [4.78, 5) is 40.7. The Hall–Kier alpha value is -3.78. The molecule has 1 amide bonds. The molecule has 0 bridgehead atoms. The number of hydrogen-bond acceptors (Lipinski definition) is 6. The molecule has 32 heavy (non-hydrogen) atoms. The van der Waals surface area contributed by atoms with Crippen LogP contribution < -0.4 is 5.56 Å². The molecule has 4 aromatic rings. The summed E-state index contributed by atoms with van der Waals surface area (Å²) in [6.07, 6.45) is 0. The lowest BCUT2D eigenvalue weighted by Gasteiger charge is -2.16. The fraction of sp³-hybridized carbons (Fsp3) is 0.167. The highest BCUT2D eigenvalue weighted by Gasteiger charge is 2.20. The molecule has 4 rings (SSSR count). The number of amides is 1. The Morgan fingerprint density at radius 1 is 1.00 bits per heavy atom. The van der Waals surface area contributed by atoms with Gasteiger partial charge in [-0.1, -0.05) is 54.6 Å². The third kappa shape index (κ3) is 4.76. The predicted molar refractivity (Wildman–Crippen MR) is 123 cm³/mol. The van der Waals surface area contributed by atoms with Crippen molar-refractivity contribution in [2.45, 2.75) is 13.1 Å². The van der Waals surface area contributed by atoms with Gasteiger partial charge in [0.15, 0.2) is 12.3 Å². The van der Waals surface area contributed by atoms with Crippen LogP contribution in [0.1, 0.15) is 20.9 Å². The predicted octanol–water partition coefficient (Wildman–Crippen LogP) is 3.32. The van der Waals surface area contributed by atoms with Gasteiger partial charge in [-0.05, 0) is 23.1 Å². The minimum absolute atomic E-state index is 0.00448. The highest BCUT2D eigenvalue weighted by Crippen LogP contribution is 2.15. The molecular weight excluding hydrogens is 426 g/mol. The molecule has 0 atom stereocenters. The summed E-state index contributed by atoms with van der Waals surface area (Å²) in [7, 11) is 1.66. The minimum atomic E-state index is -0.749. The van der Waals surface area contributed by atoms with Crippen molar-refractivity contribution < 1.29 is 14.3 Å². The number of rotatable bonds is 7. The van der Waals surface area contributed by atoms with Crippen LogP contribution in [0.2, 0.25) is 0 Å². The summed E-state index contributed by atoms with van der Waals surface area (Å²) in [5.41, 5.74) is 0.583. The molecular formula is C24H21N3O4S. The number of carbonyl (C=O) groups is 2. The van der Waals surface area contributed by atoms with Crippen LogP contribution in [0, 0.1) is 0 Å². The van der Waals surface area contributed by atoms with Crippen LogP contribution in [-0.4, -0.2) is 40.2 Å². The van der Waals surface area contributed by atoms with E-state index in [-0.39, 0.29) is 23.7 Å². The molecule has 0 saturated carbocycles. The van der Waals surface area contributed by atoms with Gasteiger partial charge in [-0.25, -0.2) is 9.48 Å². The summed E-state index contributed by atoms with van der Waals surface area (Å²) in [6, 6.07) is 20.0. The van der Waals surface area contributed by atoms with Crippen LogP contribution in [-0.2, 0) is 22.6 Å². The lowest BCUT2D eigenvalue weighted by molar-refractivity contribution is -0.133. The summed E-state index contributed by atoms with van der Waals surface area (Å²) in [6.45, 7) is 0.249. The van der Waals surface area contributed by atoms with E-state index in [1.165, 1.54) is 9.58 Å². The molecule has 2 aromatic heterocycles. The van der Waals surface area contributed by atoms with Crippen LogP contribution in [0.5, 0.6) is 0 Å². The van der Waals surface area contributed by atoms with Gasteiger partial charge in [0, 0.05) is 17.3 Å². The average molecular weight is 448 g/mol. The molecule has 0 unspecified atom stereocenters. The van der Waals surface area contributed by atoms with Gasteiger partial charge in [-0.15, -0.1) is 11.3 Å². The number of esters is 1. The first kappa shape index (κ1) is 21.5. The van der Waals surface area contributed by atoms with Crippen molar-refractivity contribution in [3.8, 4) is 0 Å². The quantitative estimate of drug-likeness (QED) is 0.406. The number of likely N-dealkylation sites (N-methyl/N-ethyl adjacent to an activating group) is 1. The highest BCUT2D eigenvalue weighted by molar-refractivity contribution is 7.09. The Labute approximate surface area is 188 Å². The van der Waals surface area contributed by atoms with E-state index < -0.39 is 12.6 Å². The first-order valence-corrected chi connectivity index (χ1v) is 10.9. The molecule has 0 fully saturated rings. The van der Waals surface area contributed by atoms with Crippen molar-refractivity contribution >= 4 is 34.0 Å². The molecule has 162 valence electrons. The lowest BCUT2D eigenvalue weighted by atomic mass is 10.1. The molecule has 0 saturated heterocycles. The Morgan fingerprint density at radius 3 is 2.44 bits per heavy atom. The van der Waals surface area contributed by atoms with Gasteiger partial charge in [0.05, 0.1) is 18.5 Å². The zero-order chi connectivity index (χ0) is 22.5. The zero-order valence-corrected chi connectivity index (χ0v) is 18.2. The van der Waals surface area contributed by atoms with Crippen molar-refractivity contribution in [1.82, 2.24) is 14.7 Å². The standard InChI is InChI=1S/C24H21N3O4S/c1-26(15-18-10-7-13-32-18)21(28)16-31-24(30)22-19-11-5-6-12-20(19)23(29)27(25-22)14-17-8-3-2-4-9-17/h2-13H,14-16H2,1H3. The van der Waals surface area contributed by atoms with E-state index in [0.717, 1.165) is 10.4 Å². The van der Waals surface area contributed by atoms with Crippen molar-refractivity contribution in [2.24, 2.45) is 0 Å². The molecule has 7 nitrogen and oxygen atoms in total. The first-order valence-electron chi connectivity index (χ1n) is 10.00. The van der Waals surface area contributed by atoms with Crippen LogP contribution in [0.4, 0.5) is 0 Å². The van der Waals surface area contributed by atoms with Crippen LogP contribution >= 0.6 is 11.3 Å². The number of thiophene rings is 1. The highest BCUT2D eigenvalue weighted by atomic mass is 32.1. The number of hydrogen-bond donors (Lipinski definition) is 0. The van der Waals surface area contributed by atoms with Gasteiger partial charge in [-0.2, -0.15) is 5.10 Å². The molecule has 0 N–H and O–H groups in total. The number of nitrogens with zero attached hydrogens (tertiary/aromatic N) is 3. The topological polar surface area (TPSA) is 81.5 Å². The van der Waals surface area contributed by atoms with E-state index in [4.69, 9.17) is 4.74 Å². The zero-order valence-electron chi connectivity index (χ0n) is 17.4. The first-order chi connectivity index (χ1) is 15.5. The van der Waals surface area contributed by atoms with E-state index in [9.17, 15) is 14.4 Å². The van der Waals surface area contributed by atoms with Gasteiger partial charge < -0.3 is 9.64 Å². The maximum Gasteiger partial charge on any atom is 0.359 e. The Balaban J connectivity index is 1.55. The van der Waals surface area contributed by atoms with Crippen LogP contribution in [0.25, 0.3) is 10.8 Å². The smallest absolute Gasteiger partial charge is 0.359 e. The second-order valence-corrected chi connectivity index (χ2v) is 8.28. The molecule has 8 heteroatoms. The minimum Gasteiger partial charge on any atom is -0.451 e. The van der Waals surface area contributed by atoms with E-state index >= 15 is 0 Å². The van der Waals surface area contributed by atoms with E-state index in [2.05, 4.69) is 5.10 Å². The largest absolute Gasteiger partial charge is 0.451 e. The molecule has 0 aliphatic carbocycles. The van der Waals surface area contributed by atoms with Crippen molar-refractivity contribution in [2.75, 3.05) is 13.7 Å². The third-order valence-corrected chi connectivity index (χ3v) is 5.82. The Bertz CT molecular complexity index is 1300. The van der Waals surface area contributed by atoms with Gasteiger partial charge in [0.2, 0.25) is 0 Å². The van der Waals surface area contributed by atoms with Crippen LogP contribution in [0.3, 0.4) is 0 Å². The molecule has 0 spiro atoms. The molecule has 2 heterocycles. The second-order valence-electron chi connectivity index (χ2n) is 7.25. The fourth-order valence-electron chi connectivity index (χ4n) is 3.28. The SMILES string of the molecule is CN(Cc1cccs1)C(=O)COC(=O)c1nn(Cc2ccccc2)c(=O)c2ccccc12. The average Bonchev–Trinajstić information content (AvgIpc) is 3.33. The van der Waals surface area contributed by atoms with Gasteiger partial charge in [-0.3, -0.25) is 9.59 Å². The number of benzene rings is 2. The maximum atomic E-state index is 12.9. The van der Waals surface area contributed by atoms with Crippen LogP contribution in [0.15, 0.2) is 76.9 Å². The van der Waals surface area contributed by atoms with E-state index in [1.807, 2.05) is 47.8 Å². The van der Waals surface area contributed by atoms with Crippen molar-refractivity contribution in [3.63, 3.8) is 0 Å². The lowest BCUT2D eigenvalue weighted by Crippen LogP contribution is -2.31. The molecule has 2 aromatic carbocycles. The Kier molecular flexibility index (Phi) is 6.42. The van der Waals surface area contributed by atoms with Gasteiger partial charge in [0.1, 0.15) is 0 Å². The summed E-state index contributed by atoms with van der Waals surface area (Å²) in [5.74, 6) is -1.07. The number of fused-ring (bicyclic) bond motifs is 1. The monoisotopic (exact) mass is 447 g/mol. The normalized spacial score (nSPS) is 10.8. The maximum absolute atomic E-state index is 12.9. The molecule has 0 aliphatic heterocycles. The summed E-state index contributed by atoms with van der Waals surface area (Å²) >= 11 is 1.55. The second kappa shape index (κ2) is 9.57. The summed E-state index contributed by atoms with van der Waals surface area (Å²) in [5, 5.41) is 6.99. The van der Waals surface area contributed by atoms with Gasteiger partial charge >= 0.3 is 5.97 Å². The van der Waals surface area contributed by atoms with Gasteiger partial charge in [0.25, 0.3) is 11.5 Å². The number of ether oxygens (including phenoxy) is 1. The molecule has 0 radical (unpaired) electrons. The van der Waals surface area contributed by atoms with Crippen molar-refractivity contribution in [1.29, 1.82) is 0 Å². The number of carbonyl (C=O) groups excluding carboxylic acids is 2. The summed E-state index contributed by atoms with van der Waals surface area (Å²) < 4.78 is 6.53. The van der Waals surface area contributed by atoms with E-state index in [1.54, 1.807) is 42.6 Å². The Morgan fingerprint density at radius 2 is 1.72 bits per heavy atom.